The molecule has 1 aliphatic heterocycles. The molecule has 0 radical (unpaired) electrons. The van der Waals surface area contributed by atoms with Crippen molar-refractivity contribution in [3.05, 3.63) is 19.2 Å². The van der Waals surface area contributed by atoms with E-state index in [0.717, 1.165) is 32.5 Å². The number of piperidine rings is 1. The van der Waals surface area contributed by atoms with Crippen LogP contribution in [0.3, 0.4) is 0 Å². The number of thiophene rings is 1. The van der Waals surface area contributed by atoms with Gasteiger partial charge in [-0.05, 0) is 50.8 Å². The van der Waals surface area contributed by atoms with Crippen LogP contribution in [0.2, 0.25) is 0 Å². The number of halogens is 3. The normalized spacial score (nSPS) is 19.9. The minimum atomic E-state index is 0. The molecule has 1 aromatic heterocycles. The van der Waals surface area contributed by atoms with E-state index in [9.17, 15) is 4.79 Å². The van der Waals surface area contributed by atoms with Gasteiger partial charge >= 0.3 is 0 Å². The van der Waals surface area contributed by atoms with Crippen molar-refractivity contribution in [2.45, 2.75) is 18.9 Å². The highest BCUT2D eigenvalue weighted by Crippen LogP contribution is 2.32. The molecule has 2 heterocycles. The monoisotopic (exact) mass is 402 g/mol. The van der Waals surface area contributed by atoms with Crippen LogP contribution in [-0.2, 0) is 0 Å². The van der Waals surface area contributed by atoms with Gasteiger partial charge in [0.15, 0.2) is 0 Å². The highest BCUT2D eigenvalue weighted by atomic mass is 79.9. The molecular weight excluding hydrogens is 391 g/mol. The Bertz CT molecular complexity index is 413. The first-order valence-electron chi connectivity index (χ1n) is 5.07. The third kappa shape index (κ3) is 3.67. The molecule has 0 aliphatic carbocycles. The fraction of sp³-hybridized carbons (Fsp3) is 0.500. The van der Waals surface area contributed by atoms with E-state index in [4.69, 9.17) is 5.73 Å². The molecule has 1 saturated heterocycles. The molecule has 2 N–H and O–H groups in total. The van der Waals surface area contributed by atoms with Gasteiger partial charge in [-0.2, -0.15) is 0 Å². The molecule has 0 aromatic carbocycles. The molecular formula is C10H13Br2ClN2OS. The van der Waals surface area contributed by atoms with Crippen LogP contribution in [0, 0.1) is 0 Å². The molecule has 1 aromatic rings. The molecule has 1 unspecified atom stereocenters. The summed E-state index contributed by atoms with van der Waals surface area (Å²) in [6.07, 6.45) is 2.01. The second-order valence-electron chi connectivity index (χ2n) is 3.89. The molecule has 1 fully saturated rings. The average molecular weight is 405 g/mol. The number of carbonyl (C=O) groups is 1. The first-order valence-corrected chi connectivity index (χ1v) is 7.48. The molecule has 1 atom stereocenters. The van der Waals surface area contributed by atoms with Crippen molar-refractivity contribution in [1.29, 1.82) is 0 Å². The standard InChI is InChI=1S/C10H12Br2N2OS.ClH/c11-8-4-7(9(12)16-8)10(15)14-3-1-2-6(13)5-14;/h4,6H,1-3,5,13H2;1H. The zero-order valence-corrected chi connectivity index (χ0v) is 13.8. The number of hydrogen-bond acceptors (Lipinski definition) is 3. The van der Waals surface area contributed by atoms with Gasteiger partial charge in [0.05, 0.1) is 13.1 Å². The Morgan fingerprint density at radius 2 is 2.24 bits per heavy atom. The molecule has 0 spiro atoms. The van der Waals surface area contributed by atoms with Gasteiger partial charge in [-0.1, -0.05) is 0 Å². The van der Waals surface area contributed by atoms with Crippen LogP contribution in [0.4, 0.5) is 0 Å². The number of nitrogens with two attached hydrogens (primary N) is 1. The van der Waals surface area contributed by atoms with E-state index in [1.54, 1.807) is 0 Å². The van der Waals surface area contributed by atoms with E-state index in [2.05, 4.69) is 31.9 Å². The fourth-order valence-corrected chi connectivity index (χ4v) is 4.63. The summed E-state index contributed by atoms with van der Waals surface area (Å²) < 4.78 is 1.84. The number of likely N-dealkylation sites (tertiary alicyclic amines) is 1. The summed E-state index contributed by atoms with van der Waals surface area (Å²) in [6.45, 7) is 1.48. The van der Waals surface area contributed by atoms with E-state index in [1.807, 2.05) is 11.0 Å². The van der Waals surface area contributed by atoms with Crippen LogP contribution in [0.25, 0.3) is 0 Å². The Labute approximate surface area is 127 Å². The summed E-state index contributed by atoms with van der Waals surface area (Å²) in [4.78, 5) is 14.0. The zero-order valence-electron chi connectivity index (χ0n) is 8.99. The molecule has 3 nitrogen and oxygen atoms in total. The van der Waals surface area contributed by atoms with E-state index in [-0.39, 0.29) is 24.4 Å². The van der Waals surface area contributed by atoms with Crippen molar-refractivity contribution in [1.82, 2.24) is 4.90 Å². The Kier molecular flexibility index (Phi) is 5.92. The molecule has 1 aliphatic rings. The quantitative estimate of drug-likeness (QED) is 0.781. The smallest absolute Gasteiger partial charge is 0.255 e. The maximum atomic E-state index is 12.2. The van der Waals surface area contributed by atoms with Gasteiger partial charge < -0.3 is 10.6 Å². The topological polar surface area (TPSA) is 46.3 Å². The number of rotatable bonds is 1. The summed E-state index contributed by atoms with van der Waals surface area (Å²) in [5.74, 6) is 0.0731. The van der Waals surface area contributed by atoms with Crippen LogP contribution in [-0.4, -0.2) is 29.9 Å². The van der Waals surface area contributed by atoms with Crippen molar-refractivity contribution in [2.24, 2.45) is 5.73 Å². The largest absolute Gasteiger partial charge is 0.337 e. The minimum Gasteiger partial charge on any atom is -0.337 e. The van der Waals surface area contributed by atoms with Gasteiger partial charge in [0.1, 0.15) is 0 Å². The van der Waals surface area contributed by atoms with Gasteiger partial charge in [-0.15, -0.1) is 23.7 Å². The van der Waals surface area contributed by atoms with Gasteiger partial charge in [0.2, 0.25) is 0 Å². The summed E-state index contributed by atoms with van der Waals surface area (Å²) in [5.41, 5.74) is 6.60. The van der Waals surface area contributed by atoms with Crippen molar-refractivity contribution in [3.8, 4) is 0 Å². The fourth-order valence-electron chi connectivity index (χ4n) is 1.85. The second kappa shape index (κ2) is 6.52. The summed E-state index contributed by atoms with van der Waals surface area (Å²) >= 11 is 8.31. The van der Waals surface area contributed by atoms with Crippen molar-refractivity contribution >= 4 is 61.5 Å². The van der Waals surface area contributed by atoms with Crippen molar-refractivity contribution < 1.29 is 4.79 Å². The number of amides is 1. The van der Waals surface area contributed by atoms with E-state index < -0.39 is 0 Å². The highest BCUT2D eigenvalue weighted by Gasteiger charge is 2.24. The van der Waals surface area contributed by atoms with Crippen LogP contribution in [0.15, 0.2) is 13.6 Å². The lowest BCUT2D eigenvalue weighted by molar-refractivity contribution is 0.0708. The Morgan fingerprint density at radius 3 is 2.76 bits per heavy atom. The Morgan fingerprint density at radius 1 is 1.53 bits per heavy atom. The van der Waals surface area contributed by atoms with Crippen LogP contribution >= 0.6 is 55.6 Å². The minimum absolute atomic E-state index is 0. The van der Waals surface area contributed by atoms with E-state index in [0.29, 0.717) is 6.54 Å². The molecule has 1 amide bonds. The SMILES string of the molecule is Cl.NC1CCCN(C(=O)c2cc(Br)sc2Br)C1. The molecule has 96 valence electrons. The maximum absolute atomic E-state index is 12.2. The number of carbonyl (C=O) groups excluding carboxylic acids is 1. The lowest BCUT2D eigenvalue weighted by Crippen LogP contribution is -2.45. The summed E-state index contributed by atoms with van der Waals surface area (Å²) in [6, 6.07) is 1.98. The van der Waals surface area contributed by atoms with Crippen LogP contribution in [0.5, 0.6) is 0 Å². The molecule has 17 heavy (non-hydrogen) atoms. The number of nitrogens with zero attached hydrogens (tertiary/aromatic N) is 1. The zero-order chi connectivity index (χ0) is 11.7. The van der Waals surface area contributed by atoms with Gasteiger partial charge in [0, 0.05) is 19.1 Å². The lowest BCUT2D eigenvalue weighted by atomic mass is 10.1. The van der Waals surface area contributed by atoms with E-state index in [1.165, 1.54) is 11.3 Å². The first-order chi connectivity index (χ1) is 7.58. The van der Waals surface area contributed by atoms with Crippen LogP contribution < -0.4 is 5.73 Å². The summed E-state index contributed by atoms with van der Waals surface area (Å²) in [7, 11) is 0. The highest BCUT2D eigenvalue weighted by molar-refractivity contribution is 9.12. The lowest BCUT2D eigenvalue weighted by Gasteiger charge is -2.30. The third-order valence-corrected chi connectivity index (χ3v) is 4.97. The molecule has 7 heteroatoms. The van der Waals surface area contributed by atoms with E-state index >= 15 is 0 Å². The molecule has 0 saturated carbocycles. The van der Waals surface area contributed by atoms with Gasteiger partial charge in [-0.3, -0.25) is 4.79 Å². The van der Waals surface area contributed by atoms with Crippen molar-refractivity contribution in [3.63, 3.8) is 0 Å². The van der Waals surface area contributed by atoms with Crippen LogP contribution in [0.1, 0.15) is 23.2 Å². The predicted molar refractivity (Wildman–Crippen MR) is 80.1 cm³/mol. The predicted octanol–water partition coefficient (Wildman–Crippen LogP) is 3.26. The van der Waals surface area contributed by atoms with Crippen molar-refractivity contribution in [2.75, 3.05) is 13.1 Å². The van der Waals surface area contributed by atoms with Gasteiger partial charge in [-0.25, -0.2) is 0 Å². The summed E-state index contributed by atoms with van der Waals surface area (Å²) in [5, 5.41) is 0. The second-order valence-corrected chi connectivity index (χ2v) is 7.64. The maximum Gasteiger partial charge on any atom is 0.255 e. The Balaban J connectivity index is 0.00000144. The third-order valence-electron chi connectivity index (χ3n) is 2.63. The first kappa shape index (κ1) is 15.4. The van der Waals surface area contributed by atoms with Gasteiger partial charge in [0.25, 0.3) is 5.91 Å². The number of hydrogen-bond donors (Lipinski definition) is 1. The molecule has 0 bridgehead atoms. The Hall–Kier alpha value is 0.380. The molecule has 2 rings (SSSR count). The average Bonchev–Trinajstić information content (AvgIpc) is 2.57.